The number of carbonyl (C=O) groups excluding carboxylic acids is 1. The molecule has 110 valence electrons. The third-order valence-electron chi connectivity index (χ3n) is 3.41. The molecule has 2 aromatic rings. The normalized spacial score (nSPS) is 15.1. The molecule has 1 unspecified atom stereocenters. The van der Waals surface area contributed by atoms with Gasteiger partial charge >= 0.3 is 0 Å². The van der Waals surface area contributed by atoms with Crippen molar-refractivity contribution in [3.8, 4) is 5.75 Å². The summed E-state index contributed by atoms with van der Waals surface area (Å²) in [6.45, 7) is 2.53. The molecule has 0 aromatic carbocycles. The van der Waals surface area contributed by atoms with E-state index in [2.05, 4.69) is 20.5 Å². The van der Waals surface area contributed by atoms with Gasteiger partial charge in [0.2, 0.25) is 5.95 Å². The first-order valence-corrected chi connectivity index (χ1v) is 7.03. The van der Waals surface area contributed by atoms with Crippen LogP contribution in [0.5, 0.6) is 5.75 Å². The van der Waals surface area contributed by atoms with E-state index in [0.29, 0.717) is 11.7 Å². The molecule has 0 saturated heterocycles. The highest BCUT2D eigenvalue weighted by molar-refractivity contribution is 5.92. The molecule has 21 heavy (non-hydrogen) atoms. The van der Waals surface area contributed by atoms with Gasteiger partial charge in [0, 0.05) is 19.2 Å². The second-order valence-corrected chi connectivity index (χ2v) is 4.99. The summed E-state index contributed by atoms with van der Waals surface area (Å²) in [4.78, 5) is 16.1. The molecule has 7 heteroatoms. The number of ether oxygens (including phenoxy) is 1. The lowest BCUT2D eigenvalue weighted by Gasteiger charge is -2.17. The number of aryl methyl sites for hydroxylation is 1. The van der Waals surface area contributed by atoms with Gasteiger partial charge in [-0.2, -0.15) is 0 Å². The minimum atomic E-state index is -0.634. The van der Waals surface area contributed by atoms with E-state index in [1.807, 2.05) is 4.57 Å². The van der Waals surface area contributed by atoms with Crippen molar-refractivity contribution in [1.29, 1.82) is 0 Å². The zero-order valence-electron chi connectivity index (χ0n) is 11.8. The number of hydrogen-bond acceptors (Lipinski definition) is 5. The third-order valence-corrected chi connectivity index (χ3v) is 3.41. The van der Waals surface area contributed by atoms with Gasteiger partial charge in [0.1, 0.15) is 11.6 Å². The summed E-state index contributed by atoms with van der Waals surface area (Å²) in [6.07, 6.45) is 5.70. The molecule has 3 heterocycles. The first kappa shape index (κ1) is 13.5. The lowest BCUT2D eigenvalue weighted by atomic mass is 10.2. The molecule has 0 spiro atoms. The van der Waals surface area contributed by atoms with Crippen molar-refractivity contribution in [1.82, 2.24) is 19.7 Å². The van der Waals surface area contributed by atoms with E-state index >= 15 is 0 Å². The van der Waals surface area contributed by atoms with Crippen LogP contribution >= 0.6 is 0 Å². The van der Waals surface area contributed by atoms with Crippen molar-refractivity contribution >= 4 is 11.9 Å². The van der Waals surface area contributed by atoms with E-state index in [-0.39, 0.29) is 5.91 Å². The highest BCUT2D eigenvalue weighted by Crippen LogP contribution is 2.17. The zero-order valence-corrected chi connectivity index (χ0v) is 11.8. The van der Waals surface area contributed by atoms with Crippen molar-refractivity contribution in [2.75, 3.05) is 5.32 Å². The molecule has 1 amide bonds. The van der Waals surface area contributed by atoms with Gasteiger partial charge in [0.25, 0.3) is 5.91 Å². The zero-order chi connectivity index (χ0) is 14.7. The smallest absolute Gasteiger partial charge is 0.267 e. The summed E-state index contributed by atoms with van der Waals surface area (Å²) in [7, 11) is 0. The Morgan fingerprint density at radius 2 is 2.33 bits per heavy atom. The predicted molar refractivity (Wildman–Crippen MR) is 75.9 cm³/mol. The Labute approximate surface area is 122 Å². The Hall–Kier alpha value is -2.44. The SMILES string of the molecule is CC(Oc1cccnc1)C(=O)Nc1nnc2n1CCCC2. The second-order valence-electron chi connectivity index (χ2n) is 4.99. The molecular formula is C14H17N5O2. The van der Waals surface area contributed by atoms with Gasteiger partial charge in [-0.1, -0.05) is 0 Å². The molecule has 1 atom stereocenters. The van der Waals surface area contributed by atoms with Gasteiger partial charge in [-0.25, -0.2) is 0 Å². The first-order valence-electron chi connectivity index (χ1n) is 7.03. The van der Waals surface area contributed by atoms with Crippen LogP contribution in [0.25, 0.3) is 0 Å². The highest BCUT2D eigenvalue weighted by Gasteiger charge is 2.21. The topological polar surface area (TPSA) is 81.9 Å². The number of nitrogens with one attached hydrogen (secondary N) is 1. The molecule has 1 N–H and O–H groups in total. The van der Waals surface area contributed by atoms with E-state index < -0.39 is 6.10 Å². The third kappa shape index (κ3) is 3.01. The lowest BCUT2D eigenvalue weighted by molar-refractivity contribution is -0.122. The largest absolute Gasteiger partial charge is 0.479 e. The molecule has 1 aliphatic heterocycles. The molecule has 0 aliphatic carbocycles. The van der Waals surface area contributed by atoms with Crippen LogP contribution in [-0.2, 0) is 17.8 Å². The lowest BCUT2D eigenvalue weighted by Crippen LogP contribution is -2.31. The van der Waals surface area contributed by atoms with E-state index in [4.69, 9.17) is 4.74 Å². The van der Waals surface area contributed by atoms with Crippen molar-refractivity contribution in [2.24, 2.45) is 0 Å². The van der Waals surface area contributed by atoms with Gasteiger partial charge in [-0.15, -0.1) is 10.2 Å². The second kappa shape index (κ2) is 5.90. The maximum Gasteiger partial charge on any atom is 0.267 e. The van der Waals surface area contributed by atoms with E-state index in [1.165, 1.54) is 0 Å². The fraction of sp³-hybridized carbons (Fsp3) is 0.429. The summed E-state index contributed by atoms with van der Waals surface area (Å²) in [6, 6.07) is 3.52. The molecule has 0 saturated carbocycles. The van der Waals surface area contributed by atoms with Crippen molar-refractivity contribution < 1.29 is 9.53 Å². The number of nitrogens with zero attached hydrogens (tertiary/aromatic N) is 4. The van der Waals surface area contributed by atoms with Crippen molar-refractivity contribution in [3.63, 3.8) is 0 Å². The molecule has 7 nitrogen and oxygen atoms in total. The summed E-state index contributed by atoms with van der Waals surface area (Å²) >= 11 is 0. The minimum absolute atomic E-state index is 0.250. The van der Waals surface area contributed by atoms with Gasteiger partial charge in [0.05, 0.1) is 6.20 Å². The maximum atomic E-state index is 12.2. The van der Waals surface area contributed by atoms with Crippen LogP contribution in [0.4, 0.5) is 5.95 Å². The van der Waals surface area contributed by atoms with Crippen molar-refractivity contribution in [2.45, 2.75) is 38.8 Å². The van der Waals surface area contributed by atoms with Gasteiger partial charge in [-0.05, 0) is 31.9 Å². The fourth-order valence-corrected chi connectivity index (χ4v) is 2.29. The average Bonchev–Trinajstić information content (AvgIpc) is 2.91. The van der Waals surface area contributed by atoms with E-state index in [1.54, 1.807) is 31.5 Å². The number of aromatic nitrogens is 4. The quantitative estimate of drug-likeness (QED) is 0.919. The summed E-state index contributed by atoms with van der Waals surface area (Å²) in [5, 5.41) is 10.9. The van der Waals surface area contributed by atoms with E-state index in [9.17, 15) is 4.79 Å². The Bertz CT molecular complexity index is 626. The first-order chi connectivity index (χ1) is 10.2. The average molecular weight is 287 g/mol. The fourth-order valence-electron chi connectivity index (χ4n) is 2.29. The predicted octanol–water partition coefficient (Wildman–Crippen LogP) is 1.42. The standard InChI is InChI=1S/C14H17N5O2/c1-10(21-11-5-4-7-15-9-11)13(20)16-14-18-17-12-6-2-3-8-19(12)14/h4-5,7,9-10H,2-3,6,8H2,1H3,(H,16,18,20). The Kier molecular flexibility index (Phi) is 3.81. The Balaban J connectivity index is 1.64. The van der Waals surface area contributed by atoms with Crippen LogP contribution in [0, 0.1) is 0 Å². The minimum Gasteiger partial charge on any atom is -0.479 e. The molecule has 0 fully saturated rings. The summed E-state index contributed by atoms with van der Waals surface area (Å²) in [5.41, 5.74) is 0. The number of pyridine rings is 1. The molecular weight excluding hydrogens is 270 g/mol. The monoisotopic (exact) mass is 287 g/mol. The van der Waals surface area contributed by atoms with Crippen molar-refractivity contribution in [3.05, 3.63) is 30.4 Å². The van der Waals surface area contributed by atoms with Crippen LogP contribution in [0.1, 0.15) is 25.6 Å². The van der Waals surface area contributed by atoms with Gasteiger partial charge in [-0.3, -0.25) is 19.7 Å². The molecule has 0 radical (unpaired) electrons. The van der Waals surface area contributed by atoms with Crippen LogP contribution in [0.15, 0.2) is 24.5 Å². The maximum absolute atomic E-state index is 12.2. The summed E-state index contributed by atoms with van der Waals surface area (Å²) < 4.78 is 7.49. The van der Waals surface area contributed by atoms with Crippen LogP contribution < -0.4 is 10.1 Å². The van der Waals surface area contributed by atoms with Gasteiger partial charge < -0.3 is 4.74 Å². The molecule has 2 aromatic heterocycles. The number of rotatable bonds is 4. The number of carbonyl (C=O) groups is 1. The van der Waals surface area contributed by atoms with E-state index in [0.717, 1.165) is 31.6 Å². The highest BCUT2D eigenvalue weighted by atomic mass is 16.5. The summed E-state index contributed by atoms with van der Waals surface area (Å²) in [5.74, 6) is 1.73. The number of amides is 1. The molecule has 1 aliphatic rings. The Morgan fingerprint density at radius 1 is 1.43 bits per heavy atom. The number of fused-ring (bicyclic) bond motifs is 1. The molecule has 3 rings (SSSR count). The van der Waals surface area contributed by atoms with Crippen LogP contribution in [0.2, 0.25) is 0 Å². The molecule has 0 bridgehead atoms. The van der Waals surface area contributed by atoms with Crippen LogP contribution in [-0.4, -0.2) is 31.8 Å². The van der Waals surface area contributed by atoms with Crippen LogP contribution in [0.3, 0.4) is 0 Å². The number of anilines is 1. The Morgan fingerprint density at radius 3 is 3.14 bits per heavy atom. The van der Waals surface area contributed by atoms with Gasteiger partial charge in [0.15, 0.2) is 6.10 Å². The number of hydrogen-bond donors (Lipinski definition) is 1.